The summed E-state index contributed by atoms with van der Waals surface area (Å²) in [6.45, 7) is 4.78. The van der Waals surface area contributed by atoms with Crippen LogP contribution >= 0.6 is 11.6 Å². The van der Waals surface area contributed by atoms with Crippen LogP contribution in [0.25, 0.3) is 0 Å². The summed E-state index contributed by atoms with van der Waals surface area (Å²) >= 11 is 6.00. The van der Waals surface area contributed by atoms with E-state index in [1.165, 1.54) is 13.8 Å². The first-order valence-electron chi connectivity index (χ1n) is 10.7. The zero-order valence-corrected chi connectivity index (χ0v) is 19.7. The molecule has 1 heterocycles. The molecule has 0 unspecified atom stereocenters. The van der Waals surface area contributed by atoms with Crippen molar-refractivity contribution < 1.29 is 22.7 Å². The third kappa shape index (κ3) is 6.70. The lowest BCUT2D eigenvalue weighted by Crippen LogP contribution is -2.51. The smallest absolute Gasteiger partial charge is 0.433 e. The van der Waals surface area contributed by atoms with E-state index in [2.05, 4.69) is 15.3 Å². The van der Waals surface area contributed by atoms with E-state index in [0.717, 1.165) is 23.4 Å². The molecule has 5 nitrogen and oxygen atoms in total. The lowest BCUT2D eigenvalue weighted by atomic mass is 9.86. The van der Waals surface area contributed by atoms with E-state index in [4.69, 9.17) is 16.3 Å². The Bertz CT molecular complexity index is 1110. The van der Waals surface area contributed by atoms with Gasteiger partial charge in [0, 0.05) is 23.2 Å². The van der Waals surface area contributed by atoms with Crippen molar-refractivity contribution in [3.8, 4) is 6.01 Å². The van der Waals surface area contributed by atoms with E-state index < -0.39 is 29.4 Å². The van der Waals surface area contributed by atoms with Crippen LogP contribution < -0.4 is 10.1 Å². The number of alkyl halides is 3. The lowest BCUT2D eigenvalue weighted by molar-refractivity contribution is -0.142. The first kappa shape index (κ1) is 25.5. The first-order valence-corrected chi connectivity index (χ1v) is 11.0. The molecule has 0 radical (unpaired) electrons. The number of carbonyl (C=O) groups excluding carboxylic acids is 1. The number of rotatable bonds is 8. The zero-order chi connectivity index (χ0) is 24.9. The number of aromatic nitrogens is 2. The second kappa shape index (κ2) is 10.4. The second-order valence-corrected chi connectivity index (χ2v) is 8.88. The van der Waals surface area contributed by atoms with E-state index in [9.17, 15) is 18.0 Å². The van der Waals surface area contributed by atoms with Gasteiger partial charge in [-0.1, -0.05) is 54.1 Å². The number of amides is 1. The van der Waals surface area contributed by atoms with Gasteiger partial charge in [0.15, 0.2) is 11.3 Å². The Morgan fingerprint density at radius 2 is 1.71 bits per heavy atom. The SMILES string of the molecule is C[C@H](NC(=O)C(C)(C)Oc1nccc(C(F)(F)F)n1)[C@@H](Cc1ccc(Cl)cc1)c1ccccc1. The number of hydrogen-bond donors (Lipinski definition) is 1. The second-order valence-electron chi connectivity index (χ2n) is 8.44. The molecule has 0 saturated carbocycles. The van der Waals surface area contributed by atoms with Crippen LogP contribution in [-0.4, -0.2) is 27.5 Å². The van der Waals surface area contributed by atoms with Gasteiger partial charge in [-0.15, -0.1) is 0 Å². The largest absolute Gasteiger partial charge is 0.447 e. The molecule has 2 aromatic carbocycles. The molecular weight excluding hydrogens is 467 g/mol. The van der Waals surface area contributed by atoms with Crippen molar-refractivity contribution in [1.82, 2.24) is 15.3 Å². The number of hydrogen-bond acceptors (Lipinski definition) is 4. The number of nitrogens with one attached hydrogen (secondary N) is 1. The molecule has 3 rings (SSSR count). The summed E-state index contributed by atoms with van der Waals surface area (Å²) in [5, 5.41) is 3.58. The molecule has 3 aromatic rings. The van der Waals surface area contributed by atoms with Gasteiger partial charge in [-0.05, 0) is 56.5 Å². The lowest BCUT2D eigenvalue weighted by Gasteiger charge is -2.30. The highest BCUT2D eigenvalue weighted by molar-refractivity contribution is 6.30. The minimum absolute atomic E-state index is 0.0769. The Kier molecular flexibility index (Phi) is 7.82. The van der Waals surface area contributed by atoms with Gasteiger partial charge in [0.05, 0.1) is 0 Å². The summed E-state index contributed by atoms with van der Waals surface area (Å²) < 4.78 is 44.3. The van der Waals surface area contributed by atoms with Crippen molar-refractivity contribution in [2.45, 2.75) is 50.9 Å². The van der Waals surface area contributed by atoms with Crippen LogP contribution in [0.5, 0.6) is 6.01 Å². The fourth-order valence-electron chi connectivity index (χ4n) is 3.46. The number of nitrogens with zero attached hydrogens (tertiary/aromatic N) is 2. The minimum atomic E-state index is -4.65. The Labute approximate surface area is 201 Å². The van der Waals surface area contributed by atoms with Gasteiger partial charge < -0.3 is 10.1 Å². The molecular formula is C25H25ClF3N3O2. The van der Waals surface area contributed by atoms with Gasteiger partial charge in [0.1, 0.15) is 0 Å². The topological polar surface area (TPSA) is 64.1 Å². The number of benzene rings is 2. The molecule has 1 N–H and O–H groups in total. The van der Waals surface area contributed by atoms with Gasteiger partial charge in [-0.3, -0.25) is 4.79 Å². The Hall–Kier alpha value is -3.13. The van der Waals surface area contributed by atoms with Crippen LogP contribution in [0.4, 0.5) is 13.2 Å². The predicted molar refractivity (Wildman–Crippen MR) is 124 cm³/mol. The average Bonchev–Trinajstić information content (AvgIpc) is 2.78. The molecule has 0 aliphatic rings. The van der Waals surface area contributed by atoms with E-state index >= 15 is 0 Å². The summed E-state index contributed by atoms with van der Waals surface area (Å²) in [4.78, 5) is 20.2. The van der Waals surface area contributed by atoms with Gasteiger partial charge in [-0.25, -0.2) is 4.98 Å². The fourth-order valence-corrected chi connectivity index (χ4v) is 3.59. The summed E-state index contributed by atoms with van der Waals surface area (Å²) in [7, 11) is 0. The molecule has 1 aromatic heterocycles. The predicted octanol–water partition coefficient (Wildman–Crippen LogP) is 5.84. The molecule has 0 bridgehead atoms. The highest BCUT2D eigenvalue weighted by Crippen LogP contribution is 2.29. The normalized spacial score (nSPS) is 13.7. The van der Waals surface area contributed by atoms with Gasteiger partial charge in [-0.2, -0.15) is 18.2 Å². The molecule has 180 valence electrons. The molecule has 1 amide bonds. The fraction of sp³-hybridized carbons (Fsp3) is 0.320. The standard InChI is InChI=1S/C25H25ClF3N3O2/c1-16(20(18-7-5-4-6-8-18)15-17-9-11-19(26)12-10-17)31-22(33)24(2,3)34-23-30-14-13-21(32-23)25(27,28)29/h4-14,16,20H,15H2,1-3H3,(H,31,33)/t16-,20+/m0/s1. The van der Waals surface area contributed by atoms with Gasteiger partial charge >= 0.3 is 12.2 Å². The zero-order valence-electron chi connectivity index (χ0n) is 18.9. The third-order valence-corrected chi connectivity index (χ3v) is 5.63. The quantitative estimate of drug-likeness (QED) is 0.430. The third-order valence-electron chi connectivity index (χ3n) is 5.38. The van der Waals surface area contributed by atoms with Gasteiger partial charge in [0.2, 0.25) is 0 Å². The van der Waals surface area contributed by atoms with Crippen LogP contribution in [0.2, 0.25) is 5.02 Å². The van der Waals surface area contributed by atoms with E-state index in [-0.39, 0.29) is 12.0 Å². The van der Waals surface area contributed by atoms with Crippen LogP contribution in [0.1, 0.15) is 43.5 Å². The number of halogens is 4. The molecule has 0 saturated heterocycles. The average molecular weight is 492 g/mol. The van der Waals surface area contributed by atoms with Crippen molar-refractivity contribution in [3.05, 3.63) is 88.7 Å². The molecule has 0 fully saturated rings. The van der Waals surface area contributed by atoms with Gasteiger partial charge in [0.25, 0.3) is 5.91 Å². The van der Waals surface area contributed by atoms with Crippen LogP contribution in [-0.2, 0) is 17.4 Å². The van der Waals surface area contributed by atoms with Crippen molar-refractivity contribution in [2.75, 3.05) is 0 Å². The molecule has 0 aliphatic carbocycles. The molecule has 34 heavy (non-hydrogen) atoms. The number of ether oxygens (including phenoxy) is 1. The summed E-state index contributed by atoms with van der Waals surface area (Å²) in [5.41, 5.74) is -0.577. The minimum Gasteiger partial charge on any atom is -0.447 e. The van der Waals surface area contributed by atoms with E-state index in [1.807, 2.05) is 61.5 Å². The first-order chi connectivity index (χ1) is 16.0. The maximum atomic E-state index is 13.1. The van der Waals surface area contributed by atoms with Crippen molar-refractivity contribution in [1.29, 1.82) is 0 Å². The molecule has 0 spiro atoms. The van der Waals surface area contributed by atoms with E-state index in [1.54, 1.807) is 0 Å². The maximum absolute atomic E-state index is 13.1. The highest BCUT2D eigenvalue weighted by Gasteiger charge is 2.36. The van der Waals surface area contributed by atoms with Crippen molar-refractivity contribution >= 4 is 17.5 Å². The summed E-state index contributed by atoms with van der Waals surface area (Å²) in [6, 6.07) is 17.1. The Morgan fingerprint density at radius 1 is 1.06 bits per heavy atom. The van der Waals surface area contributed by atoms with E-state index in [0.29, 0.717) is 11.4 Å². The van der Waals surface area contributed by atoms with Crippen LogP contribution in [0.3, 0.4) is 0 Å². The van der Waals surface area contributed by atoms with Crippen molar-refractivity contribution in [2.24, 2.45) is 0 Å². The van der Waals surface area contributed by atoms with Crippen molar-refractivity contribution in [3.63, 3.8) is 0 Å². The Balaban J connectivity index is 1.76. The summed E-state index contributed by atoms with van der Waals surface area (Å²) in [6.07, 6.45) is -3.06. The molecule has 2 atom stereocenters. The van der Waals surface area contributed by atoms with Crippen LogP contribution in [0, 0.1) is 0 Å². The Morgan fingerprint density at radius 3 is 2.32 bits per heavy atom. The number of carbonyl (C=O) groups is 1. The highest BCUT2D eigenvalue weighted by atomic mass is 35.5. The maximum Gasteiger partial charge on any atom is 0.433 e. The van der Waals surface area contributed by atoms with Crippen LogP contribution in [0.15, 0.2) is 66.9 Å². The monoisotopic (exact) mass is 491 g/mol. The molecule has 9 heteroatoms. The molecule has 0 aliphatic heterocycles. The summed E-state index contributed by atoms with van der Waals surface area (Å²) in [5.74, 6) is -0.579.